The van der Waals surface area contributed by atoms with Crippen molar-refractivity contribution in [2.75, 3.05) is 39.3 Å². The average Bonchev–Trinajstić information content (AvgIpc) is 2.45. The fourth-order valence-corrected chi connectivity index (χ4v) is 2.18. The van der Waals surface area contributed by atoms with E-state index in [0.29, 0.717) is 25.1 Å². The maximum absolute atomic E-state index is 11.7. The lowest BCUT2D eigenvalue weighted by atomic mass is 10.1. The van der Waals surface area contributed by atoms with Gasteiger partial charge >= 0.3 is 0 Å². The number of nitrogens with one attached hydrogen (secondary N) is 3. The Labute approximate surface area is 112 Å². The van der Waals surface area contributed by atoms with Crippen LogP contribution in [0.3, 0.4) is 0 Å². The van der Waals surface area contributed by atoms with Gasteiger partial charge in [0.25, 0.3) is 5.91 Å². The van der Waals surface area contributed by atoms with Gasteiger partial charge in [-0.3, -0.25) is 9.59 Å². The monoisotopic (exact) mass is 267 g/mol. The van der Waals surface area contributed by atoms with Crippen molar-refractivity contribution in [1.82, 2.24) is 21.0 Å². The van der Waals surface area contributed by atoms with Crippen molar-refractivity contribution < 1.29 is 9.59 Å². The van der Waals surface area contributed by atoms with Gasteiger partial charge < -0.3 is 15.5 Å². The SMILES string of the molecule is O=C1CCC(C(=O)NCCCN2CCNCC2)=NN1. The van der Waals surface area contributed by atoms with Crippen molar-refractivity contribution >= 4 is 17.5 Å². The zero-order chi connectivity index (χ0) is 13.5. The summed E-state index contributed by atoms with van der Waals surface area (Å²) in [5.74, 6) is -0.296. The molecule has 0 unspecified atom stereocenters. The second kappa shape index (κ2) is 7.20. The van der Waals surface area contributed by atoms with Gasteiger partial charge in [0.2, 0.25) is 5.91 Å². The molecule has 0 atom stereocenters. The van der Waals surface area contributed by atoms with Gasteiger partial charge in [-0.05, 0) is 13.0 Å². The number of nitrogens with zero attached hydrogens (tertiary/aromatic N) is 2. The van der Waals surface area contributed by atoms with Crippen LogP contribution in [0.15, 0.2) is 5.10 Å². The summed E-state index contributed by atoms with van der Waals surface area (Å²) >= 11 is 0. The molecule has 0 bridgehead atoms. The third-order valence-corrected chi connectivity index (χ3v) is 3.31. The van der Waals surface area contributed by atoms with E-state index in [0.717, 1.165) is 39.1 Å². The van der Waals surface area contributed by atoms with E-state index in [1.54, 1.807) is 0 Å². The molecule has 2 rings (SSSR count). The van der Waals surface area contributed by atoms with E-state index in [2.05, 4.69) is 26.1 Å². The van der Waals surface area contributed by atoms with E-state index < -0.39 is 0 Å². The highest BCUT2D eigenvalue weighted by Crippen LogP contribution is 1.99. The van der Waals surface area contributed by atoms with Crippen LogP contribution in [0.4, 0.5) is 0 Å². The minimum atomic E-state index is -0.166. The summed E-state index contributed by atoms with van der Waals surface area (Å²) in [5.41, 5.74) is 2.75. The molecule has 7 heteroatoms. The van der Waals surface area contributed by atoms with E-state index in [1.807, 2.05) is 0 Å². The van der Waals surface area contributed by atoms with Crippen LogP contribution in [0.5, 0.6) is 0 Å². The molecule has 3 N–H and O–H groups in total. The molecule has 2 amide bonds. The minimum Gasteiger partial charge on any atom is -0.351 e. The Bertz CT molecular complexity index is 363. The first-order valence-corrected chi connectivity index (χ1v) is 6.82. The minimum absolute atomic E-state index is 0.129. The number of hydrogen-bond acceptors (Lipinski definition) is 5. The molecular formula is C12H21N5O2. The van der Waals surface area contributed by atoms with E-state index in [1.165, 1.54) is 0 Å². The average molecular weight is 267 g/mol. The Balaban J connectivity index is 1.60. The lowest BCUT2D eigenvalue weighted by Crippen LogP contribution is -2.44. The number of carbonyl (C=O) groups is 2. The second-order valence-corrected chi connectivity index (χ2v) is 4.79. The predicted octanol–water partition coefficient (Wildman–Crippen LogP) is -1.34. The molecule has 106 valence electrons. The first-order valence-electron chi connectivity index (χ1n) is 6.82. The van der Waals surface area contributed by atoms with E-state index in [-0.39, 0.29) is 11.8 Å². The van der Waals surface area contributed by atoms with Crippen LogP contribution in [0.1, 0.15) is 19.3 Å². The van der Waals surface area contributed by atoms with Gasteiger partial charge in [-0.1, -0.05) is 0 Å². The van der Waals surface area contributed by atoms with Crippen molar-refractivity contribution in [1.29, 1.82) is 0 Å². The second-order valence-electron chi connectivity index (χ2n) is 4.79. The summed E-state index contributed by atoms with van der Waals surface area (Å²) in [4.78, 5) is 25.0. The summed E-state index contributed by atoms with van der Waals surface area (Å²) in [7, 11) is 0. The standard InChI is InChI=1S/C12H21N5O2/c18-11-3-2-10(15-16-11)12(19)14-4-1-7-17-8-5-13-6-9-17/h13H,1-9H2,(H,14,19)(H,16,18). The first kappa shape index (κ1) is 14.0. The quantitative estimate of drug-likeness (QED) is 0.538. The van der Waals surface area contributed by atoms with Crippen LogP contribution in [-0.2, 0) is 9.59 Å². The van der Waals surface area contributed by atoms with Gasteiger partial charge in [-0.2, -0.15) is 5.10 Å². The molecule has 2 heterocycles. The van der Waals surface area contributed by atoms with Crippen LogP contribution in [-0.4, -0.2) is 61.7 Å². The Morgan fingerprint density at radius 2 is 2.11 bits per heavy atom. The molecule has 0 aromatic carbocycles. The smallest absolute Gasteiger partial charge is 0.267 e. The van der Waals surface area contributed by atoms with Gasteiger partial charge in [0.15, 0.2) is 0 Å². The number of hydrazone groups is 1. The van der Waals surface area contributed by atoms with Crippen LogP contribution >= 0.6 is 0 Å². The largest absolute Gasteiger partial charge is 0.351 e. The zero-order valence-corrected chi connectivity index (χ0v) is 11.1. The molecule has 2 aliphatic heterocycles. The van der Waals surface area contributed by atoms with Gasteiger partial charge in [0, 0.05) is 45.6 Å². The highest BCUT2D eigenvalue weighted by atomic mass is 16.2. The number of hydrogen-bond donors (Lipinski definition) is 3. The molecular weight excluding hydrogens is 246 g/mol. The summed E-state index contributed by atoms with van der Waals surface area (Å²) in [6.45, 7) is 5.89. The first-order chi connectivity index (χ1) is 9.25. The zero-order valence-electron chi connectivity index (χ0n) is 11.1. The molecule has 19 heavy (non-hydrogen) atoms. The third kappa shape index (κ3) is 4.60. The molecule has 1 saturated heterocycles. The topological polar surface area (TPSA) is 85.8 Å². The summed E-state index contributed by atoms with van der Waals surface area (Å²) in [6.07, 6.45) is 1.70. The summed E-state index contributed by atoms with van der Waals surface area (Å²) in [5, 5.41) is 9.92. The third-order valence-electron chi connectivity index (χ3n) is 3.31. The number of rotatable bonds is 5. The van der Waals surface area contributed by atoms with Crippen LogP contribution < -0.4 is 16.1 Å². The predicted molar refractivity (Wildman–Crippen MR) is 71.7 cm³/mol. The Kier molecular flexibility index (Phi) is 5.29. The Hall–Kier alpha value is -1.47. The van der Waals surface area contributed by atoms with E-state index in [4.69, 9.17) is 0 Å². The molecule has 2 aliphatic rings. The van der Waals surface area contributed by atoms with Crippen LogP contribution in [0.25, 0.3) is 0 Å². The molecule has 0 spiro atoms. The molecule has 0 saturated carbocycles. The van der Waals surface area contributed by atoms with Crippen LogP contribution in [0.2, 0.25) is 0 Å². The fourth-order valence-electron chi connectivity index (χ4n) is 2.18. The van der Waals surface area contributed by atoms with E-state index in [9.17, 15) is 9.59 Å². The van der Waals surface area contributed by atoms with Crippen molar-refractivity contribution in [3.63, 3.8) is 0 Å². The number of piperazine rings is 1. The van der Waals surface area contributed by atoms with Crippen molar-refractivity contribution in [2.24, 2.45) is 5.10 Å². The molecule has 0 aromatic rings. The van der Waals surface area contributed by atoms with Gasteiger partial charge in [-0.15, -0.1) is 0 Å². The number of amides is 2. The van der Waals surface area contributed by atoms with Gasteiger partial charge in [0.1, 0.15) is 5.71 Å². The summed E-state index contributed by atoms with van der Waals surface area (Å²) in [6, 6.07) is 0. The number of carbonyl (C=O) groups excluding carboxylic acids is 2. The van der Waals surface area contributed by atoms with Crippen molar-refractivity contribution in [2.45, 2.75) is 19.3 Å². The maximum atomic E-state index is 11.7. The summed E-state index contributed by atoms with van der Waals surface area (Å²) < 4.78 is 0. The highest BCUT2D eigenvalue weighted by molar-refractivity contribution is 6.39. The van der Waals surface area contributed by atoms with Gasteiger partial charge in [-0.25, -0.2) is 5.43 Å². The molecule has 7 nitrogen and oxygen atoms in total. The van der Waals surface area contributed by atoms with Crippen molar-refractivity contribution in [3.8, 4) is 0 Å². The van der Waals surface area contributed by atoms with E-state index >= 15 is 0 Å². The normalized spacial score (nSPS) is 20.6. The van der Waals surface area contributed by atoms with Crippen LogP contribution in [0, 0.1) is 0 Å². The Morgan fingerprint density at radius 3 is 2.79 bits per heavy atom. The molecule has 0 aromatic heterocycles. The molecule has 1 fully saturated rings. The lowest BCUT2D eigenvalue weighted by Gasteiger charge is -2.27. The van der Waals surface area contributed by atoms with Crippen molar-refractivity contribution in [3.05, 3.63) is 0 Å². The molecule has 0 aliphatic carbocycles. The fraction of sp³-hybridized carbons (Fsp3) is 0.750. The maximum Gasteiger partial charge on any atom is 0.267 e. The molecule has 0 radical (unpaired) electrons. The van der Waals surface area contributed by atoms with Gasteiger partial charge in [0.05, 0.1) is 0 Å². The lowest BCUT2D eigenvalue weighted by molar-refractivity contribution is -0.121. The Morgan fingerprint density at radius 1 is 1.32 bits per heavy atom. The highest BCUT2D eigenvalue weighted by Gasteiger charge is 2.17.